The number of hydrogen-bond donors (Lipinski definition) is 1. The molecule has 3 nitrogen and oxygen atoms in total. The molecule has 1 rings (SSSR count). The Kier molecular flexibility index (Phi) is 4.36. The Morgan fingerprint density at radius 3 is 2.12 bits per heavy atom. The molecule has 0 aliphatic carbocycles. The van der Waals surface area contributed by atoms with Gasteiger partial charge in [0.2, 0.25) is 5.91 Å². The van der Waals surface area contributed by atoms with E-state index in [1.165, 1.54) is 0 Å². The van der Waals surface area contributed by atoms with Crippen LogP contribution in [-0.2, 0) is 4.79 Å². The van der Waals surface area contributed by atoms with Crippen LogP contribution in [-0.4, -0.2) is 36.5 Å². The van der Waals surface area contributed by atoms with Gasteiger partial charge in [-0.25, -0.2) is 0 Å². The van der Waals surface area contributed by atoms with E-state index in [1.807, 2.05) is 18.9 Å². The molecular formula is C13H26N2O. The van der Waals surface area contributed by atoms with Crippen molar-refractivity contribution in [1.82, 2.24) is 10.2 Å². The summed E-state index contributed by atoms with van der Waals surface area (Å²) in [6.45, 7) is 10.3. The molecular weight excluding hydrogens is 200 g/mol. The van der Waals surface area contributed by atoms with Crippen LogP contribution in [0.4, 0.5) is 0 Å². The van der Waals surface area contributed by atoms with Crippen LogP contribution in [0, 0.1) is 11.8 Å². The van der Waals surface area contributed by atoms with Crippen molar-refractivity contribution in [2.24, 2.45) is 11.8 Å². The lowest BCUT2D eigenvalue weighted by molar-refractivity contribution is -0.138. The minimum absolute atomic E-state index is 0.152. The van der Waals surface area contributed by atoms with Gasteiger partial charge in [0.25, 0.3) is 0 Å². The first-order valence-corrected chi connectivity index (χ1v) is 6.37. The third kappa shape index (κ3) is 2.97. The van der Waals surface area contributed by atoms with Crippen LogP contribution in [0.25, 0.3) is 0 Å². The zero-order chi connectivity index (χ0) is 12.3. The molecule has 0 aromatic carbocycles. The average molecular weight is 226 g/mol. The highest BCUT2D eigenvalue weighted by Gasteiger charge is 2.32. The van der Waals surface area contributed by atoms with Gasteiger partial charge in [0.05, 0.1) is 0 Å². The zero-order valence-corrected chi connectivity index (χ0v) is 11.3. The van der Waals surface area contributed by atoms with E-state index in [0.29, 0.717) is 11.8 Å². The van der Waals surface area contributed by atoms with Crippen LogP contribution in [0.5, 0.6) is 0 Å². The molecule has 0 spiro atoms. The van der Waals surface area contributed by atoms with E-state index in [1.54, 1.807) is 0 Å². The number of likely N-dealkylation sites (tertiary alicyclic amines) is 1. The highest BCUT2D eigenvalue weighted by Crippen LogP contribution is 2.23. The molecule has 1 aliphatic heterocycles. The summed E-state index contributed by atoms with van der Waals surface area (Å²) in [5.41, 5.74) is 0.220. The Balaban J connectivity index is 2.51. The van der Waals surface area contributed by atoms with Gasteiger partial charge in [0.1, 0.15) is 0 Å². The summed E-state index contributed by atoms with van der Waals surface area (Å²) in [6, 6.07) is 0. The van der Waals surface area contributed by atoms with E-state index in [-0.39, 0.29) is 11.5 Å². The average Bonchev–Trinajstić information content (AvgIpc) is 2.28. The van der Waals surface area contributed by atoms with Crippen molar-refractivity contribution >= 4 is 5.91 Å². The molecule has 0 saturated carbocycles. The van der Waals surface area contributed by atoms with E-state index in [4.69, 9.17) is 0 Å². The molecule has 16 heavy (non-hydrogen) atoms. The molecule has 1 amide bonds. The number of carbonyl (C=O) groups is 1. The lowest BCUT2D eigenvalue weighted by Gasteiger charge is -2.40. The van der Waals surface area contributed by atoms with Gasteiger partial charge in [0.15, 0.2) is 0 Å². The second-order valence-electron chi connectivity index (χ2n) is 5.67. The fraction of sp³-hybridized carbons (Fsp3) is 0.923. The summed E-state index contributed by atoms with van der Waals surface area (Å²) < 4.78 is 0. The molecule has 0 aromatic rings. The third-order valence-corrected chi connectivity index (χ3v) is 4.17. The number of piperidine rings is 1. The normalized spacial score (nSPS) is 22.2. The quantitative estimate of drug-likeness (QED) is 0.797. The predicted octanol–water partition coefficient (Wildman–Crippen LogP) is 1.88. The number of nitrogens with one attached hydrogen (secondary N) is 1. The SMILES string of the molecule is CNC1(C)CCN(C(=O)C(C)C(C)C)CC1. The monoisotopic (exact) mass is 226 g/mol. The predicted molar refractivity (Wildman–Crippen MR) is 67.3 cm³/mol. The summed E-state index contributed by atoms with van der Waals surface area (Å²) in [5, 5.41) is 3.35. The summed E-state index contributed by atoms with van der Waals surface area (Å²) in [4.78, 5) is 14.2. The lowest BCUT2D eigenvalue weighted by atomic mass is 9.88. The minimum atomic E-state index is 0.152. The Morgan fingerprint density at radius 2 is 1.75 bits per heavy atom. The fourth-order valence-corrected chi connectivity index (χ4v) is 2.04. The van der Waals surface area contributed by atoms with Crippen molar-refractivity contribution in [2.75, 3.05) is 20.1 Å². The maximum absolute atomic E-state index is 12.1. The van der Waals surface area contributed by atoms with Crippen molar-refractivity contribution in [3.63, 3.8) is 0 Å². The molecule has 94 valence electrons. The van der Waals surface area contributed by atoms with Crippen LogP contribution >= 0.6 is 0 Å². The molecule has 1 aliphatic rings. The summed E-state index contributed by atoms with van der Waals surface area (Å²) in [6.07, 6.45) is 2.11. The molecule has 3 heteroatoms. The number of hydrogen-bond acceptors (Lipinski definition) is 2. The van der Waals surface area contributed by atoms with Gasteiger partial charge in [-0.15, -0.1) is 0 Å². The van der Waals surface area contributed by atoms with Crippen molar-refractivity contribution < 1.29 is 4.79 Å². The molecule has 1 fully saturated rings. The number of carbonyl (C=O) groups excluding carboxylic acids is 1. The van der Waals surface area contributed by atoms with E-state index < -0.39 is 0 Å². The van der Waals surface area contributed by atoms with Crippen LogP contribution in [0.3, 0.4) is 0 Å². The van der Waals surface area contributed by atoms with E-state index in [9.17, 15) is 4.79 Å². The number of amides is 1. The molecule has 0 bridgehead atoms. The van der Waals surface area contributed by atoms with Crippen LogP contribution in [0.2, 0.25) is 0 Å². The third-order valence-electron chi connectivity index (χ3n) is 4.17. The number of nitrogens with zero attached hydrogens (tertiary/aromatic N) is 1. The van der Waals surface area contributed by atoms with Crippen molar-refractivity contribution in [3.05, 3.63) is 0 Å². The van der Waals surface area contributed by atoms with Crippen molar-refractivity contribution in [2.45, 2.75) is 46.1 Å². The molecule has 1 N–H and O–H groups in total. The Bertz CT molecular complexity index is 242. The van der Waals surface area contributed by atoms with E-state index in [0.717, 1.165) is 25.9 Å². The first-order valence-electron chi connectivity index (χ1n) is 6.37. The second kappa shape index (κ2) is 5.17. The molecule has 1 heterocycles. The second-order valence-corrected chi connectivity index (χ2v) is 5.67. The van der Waals surface area contributed by atoms with Gasteiger partial charge in [-0.3, -0.25) is 4.79 Å². The van der Waals surface area contributed by atoms with Gasteiger partial charge in [-0.2, -0.15) is 0 Å². The molecule has 0 radical (unpaired) electrons. The Labute approximate surface area is 99.6 Å². The molecule has 1 atom stereocenters. The van der Waals surface area contributed by atoms with Gasteiger partial charge >= 0.3 is 0 Å². The summed E-state index contributed by atoms with van der Waals surface area (Å²) in [5.74, 6) is 0.914. The molecule has 1 unspecified atom stereocenters. The summed E-state index contributed by atoms with van der Waals surface area (Å²) >= 11 is 0. The fourth-order valence-electron chi connectivity index (χ4n) is 2.04. The maximum Gasteiger partial charge on any atom is 0.225 e. The van der Waals surface area contributed by atoms with Gasteiger partial charge in [-0.1, -0.05) is 20.8 Å². The van der Waals surface area contributed by atoms with E-state index >= 15 is 0 Å². The van der Waals surface area contributed by atoms with Crippen LogP contribution in [0.1, 0.15) is 40.5 Å². The van der Waals surface area contributed by atoms with Crippen LogP contribution < -0.4 is 5.32 Å². The smallest absolute Gasteiger partial charge is 0.225 e. The molecule has 1 saturated heterocycles. The highest BCUT2D eigenvalue weighted by molar-refractivity contribution is 5.78. The minimum Gasteiger partial charge on any atom is -0.342 e. The largest absolute Gasteiger partial charge is 0.342 e. The summed E-state index contributed by atoms with van der Waals surface area (Å²) in [7, 11) is 2.01. The lowest BCUT2D eigenvalue weighted by Crippen LogP contribution is -2.52. The first kappa shape index (κ1) is 13.5. The van der Waals surface area contributed by atoms with Gasteiger partial charge in [-0.05, 0) is 32.7 Å². The van der Waals surface area contributed by atoms with Gasteiger partial charge < -0.3 is 10.2 Å². The Morgan fingerprint density at radius 1 is 1.25 bits per heavy atom. The zero-order valence-electron chi connectivity index (χ0n) is 11.3. The van der Waals surface area contributed by atoms with Crippen molar-refractivity contribution in [1.29, 1.82) is 0 Å². The Hall–Kier alpha value is -0.570. The molecule has 0 aromatic heterocycles. The van der Waals surface area contributed by atoms with Gasteiger partial charge in [0, 0.05) is 24.5 Å². The number of rotatable bonds is 3. The standard InChI is InChI=1S/C13H26N2O/c1-10(2)11(3)12(16)15-8-6-13(4,14-5)7-9-15/h10-11,14H,6-9H2,1-5H3. The van der Waals surface area contributed by atoms with E-state index in [2.05, 4.69) is 26.1 Å². The first-order chi connectivity index (χ1) is 7.39. The maximum atomic E-state index is 12.1. The highest BCUT2D eigenvalue weighted by atomic mass is 16.2. The topological polar surface area (TPSA) is 32.3 Å². The van der Waals surface area contributed by atoms with Crippen molar-refractivity contribution in [3.8, 4) is 0 Å². The van der Waals surface area contributed by atoms with Crippen LogP contribution in [0.15, 0.2) is 0 Å².